The number of ether oxygens (including phenoxy) is 1. The van der Waals surface area contributed by atoms with Gasteiger partial charge in [0.25, 0.3) is 0 Å². The summed E-state index contributed by atoms with van der Waals surface area (Å²) in [5.74, 6) is -1.35. The molecule has 0 aromatic heterocycles. The van der Waals surface area contributed by atoms with Crippen molar-refractivity contribution in [2.75, 3.05) is 7.11 Å². The van der Waals surface area contributed by atoms with Crippen molar-refractivity contribution in [2.24, 2.45) is 5.92 Å². The Kier molecular flexibility index (Phi) is 7.48. The zero-order valence-corrected chi connectivity index (χ0v) is 11.9. The smallest absolute Gasteiger partial charge is 0.328 e. The van der Waals surface area contributed by atoms with Crippen LogP contribution in [0.2, 0.25) is 0 Å². The third kappa shape index (κ3) is 6.03. The lowest BCUT2D eigenvalue weighted by molar-refractivity contribution is -0.145. The van der Waals surface area contributed by atoms with Crippen LogP contribution in [-0.2, 0) is 19.1 Å². The van der Waals surface area contributed by atoms with Gasteiger partial charge in [0.05, 0.1) is 7.11 Å². The van der Waals surface area contributed by atoms with Gasteiger partial charge >= 0.3 is 5.97 Å². The second-order valence-corrected chi connectivity index (χ2v) is 4.53. The average molecular weight is 270 g/mol. The van der Waals surface area contributed by atoms with Crippen molar-refractivity contribution in [3.63, 3.8) is 0 Å². The monoisotopic (exact) mass is 270 g/mol. The summed E-state index contributed by atoms with van der Waals surface area (Å²) in [4.78, 5) is 34.6. The second-order valence-electron chi connectivity index (χ2n) is 4.53. The predicted molar refractivity (Wildman–Crippen MR) is 71.2 cm³/mol. The highest BCUT2D eigenvalue weighted by molar-refractivity contribution is 5.90. The van der Waals surface area contributed by atoms with Crippen molar-refractivity contribution in [1.82, 2.24) is 10.6 Å². The summed E-state index contributed by atoms with van der Waals surface area (Å²) >= 11 is 0. The highest BCUT2D eigenvalue weighted by Crippen LogP contribution is 2.04. The lowest BCUT2D eigenvalue weighted by atomic mass is 10.0. The fourth-order valence-electron chi connectivity index (χ4n) is 1.54. The number of carbonyl (C=O) groups is 3. The molecule has 0 aliphatic rings. The largest absolute Gasteiger partial charge is 0.467 e. The van der Waals surface area contributed by atoms with Crippen LogP contribution in [0, 0.1) is 5.92 Å². The van der Waals surface area contributed by atoms with Gasteiger partial charge in [-0.2, -0.15) is 0 Å². The molecule has 0 spiro atoms. The molecule has 0 saturated carbocycles. The molecule has 0 fully saturated rings. The molecule has 6 nitrogen and oxygen atoms in total. The Balaban J connectivity index is 4.79. The molecule has 0 aromatic carbocycles. The summed E-state index contributed by atoms with van der Waals surface area (Å²) in [6.07, 6.45) is 1.79. The first-order chi connectivity index (χ1) is 8.83. The third-order valence-corrected chi connectivity index (χ3v) is 2.51. The van der Waals surface area contributed by atoms with Crippen molar-refractivity contribution in [3.05, 3.63) is 12.7 Å². The zero-order valence-electron chi connectivity index (χ0n) is 11.9. The van der Waals surface area contributed by atoms with E-state index >= 15 is 0 Å². The van der Waals surface area contributed by atoms with Gasteiger partial charge in [0.1, 0.15) is 12.1 Å². The van der Waals surface area contributed by atoms with Crippen LogP contribution < -0.4 is 10.6 Å². The number of hydrogen-bond donors (Lipinski definition) is 2. The molecule has 0 heterocycles. The summed E-state index contributed by atoms with van der Waals surface area (Å²) in [6, 6.07) is -1.47. The van der Waals surface area contributed by atoms with Gasteiger partial charge in [-0.1, -0.05) is 19.9 Å². The fourth-order valence-corrected chi connectivity index (χ4v) is 1.54. The van der Waals surface area contributed by atoms with E-state index in [2.05, 4.69) is 21.9 Å². The molecule has 19 heavy (non-hydrogen) atoms. The molecule has 2 atom stereocenters. The standard InChI is InChI=1S/C13H22N2O4/c1-6-7-10(13(18)19-5)15-12(17)11(8(2)3)14-9(4)16/h6,8,10-11H,1,7H2,2-5H3,(H,14,16)(H,15,17)/t10-,11+/m0/s1. The number of rotatable bonds is 7. The molecule has 0 bridgehead atoms. The number of amides is 2. The number of carbonyl (C=O) groups excluding carboxylic acids is 3. The van der Waals surface area contributed by atoms with Crippen molar-refractivity contribution < 1.29 is 19.1 Å². The van der Waals surface area contributed by atoms with Crippen LogP contribution in [0.25, 0.3) is 0 Å². The van der Waals surface area contributed by atoms with Crippen LogP contribution in [0.4, 0.5) is 0 Å². The number of methoxy groups -OCH3 is 1. The van der Waals surface area contributed by atoms with Gasteiger partial charge < -0.3 is 15.4 Å². The number of nitrogens with one attached hydrogen (secondary N) is 2. The molecule has 108 valence electrons. The molecule has 6 heteroatoms. The minimum absolute atomic E-state index is 0.0917. The van der Waals surface area contributed by atoms with Crippen molar-refractivity contribution in [2.45, 2.75) is 39.3 Å². The normalized spacial score (nSPS) is 13.3. The van der Waals surface area contributed by atoms with Gasteiger partial charge in [0.2, 0.25) is 11.8 Å². The first kappa shape index (κ1) is 17.2. The fraction of sp³-hybridized carbons (Fsp3) is 0.615. The lowest BCUT2D eigenvalue weighted by Gasteiger charge is -2.23. The molecule has 0 aliphatic heterocycles. The summed E-state index contributed by atoms with van der Waals surface area (Å²) in [7, 11) is 1.25. The molecule has 0 aliphatic carbocycles. The van der Waals surface area contributed by atoms with E-state index in [4.69, 9.17) is 0 Å². The summed E-state index contributed by atoms with van der Waals surface area (Å²) in [5.41, 5.74) is 0. The molecule has 0 saturated heterocycles. The lowest BCUT2D eigenvalue weighted by Crippen LogP contribution is -2.53. The van der Waals surface area contributed by atoms with E-state index in [1.807, 2.05) is 0 Å². The van der Waals surface area contributed by atoms with Gasteiger partial charge in [-0.3, -0.25) is 9.59 Å². The van der Waals surface area contributed by atoms with Gasteiger partial charge in [0.15, 0.2) is 0 Å². The van der Waals surface area contributed by atoms with Gasteiger partial charge in [-0.25, -0.2) is 4.79 Å². The molecular weight excluding hydrogens is 248 g/mol. The van der Waals surface area contributed by atoms with E-state index in [-0.39, 0.29) is 18.2 Å². The van der Waals surface area contributed by atoms with E-state index < -0.39 is 24.0 Å². The van der Waals surface area contributed by atoms with Crippen LogP contribution in [0.3, 0.4) is 0 Å². The van der Waals surface area contributed by atoms with Gasteiger partial charge in [-0.05, 0) is 12.3 Å². The Hall–Kier alpha value is -1.85. The van der Waals surface area contributed by atoms with E-state index in [1.165, 1.54) is 20.1 Å². The second kappa shape index (κ2) is 8.29. The Labute approximate surface area is 113 Å². The quantitative estimate of drug-likeness (QED) is 0.517. The van der Waals surface area contributed by atoms with E-state index in [1.54, 1.807) is 13.8 Å². The maximum atomic E-state index is 12.1. The molecular formula is C13H22N2O4. The molecule has 0 rings (SSSR count). The summed E-state index contributed by atoms with van der Waals surface area (Å²) in [5, 5.41) is 5.11. The van der Waals surface area contributed by atoms with E-state index in [0.29, 0.717) is 0 Å². The van der Waals surface area contributed by atoms with Crippen LogP contribution in [0.1, 0.15) is 27.2 Å². The van der Waals surface area contributed by atoms with Crippen LogP contribution in [0.15, 0.2) is 12.7 Å². The topological polar surface area (TPSA) is 84.5 Å². The maximum absolute atomic E-state index is 12.1. The first-order valence-electron chi connectivity index (χ1n) is 6.09. The van der Waals surface area contributed by atoms with Crippen LogP contribution >= 0.6 is 0 Å². The Morgan fingerprint density at radius 3 is 2.21 bits per heavy atom. The maximum Gasteiger partial charge on any atom is 0.328 e. The average Bonchev–Trinajstić information content (AvgIpc) is 2.33. The Morgan fingerprint density at radius 1 is 1.26 bits per heavy atom. The first-order valence-corrected chi connectivity index (χ1v) is 6.09. The van der Waals surface area contributed by atoms with Crippen LogP contribution in [0.5, 0.6) is 0 Å². The minimum Gasteiger partial charge on any atom is -0.467 e. The molecule has 2 N–H and O–H groups in total. The predicted octanol–water partition coefficient (Wildman–Crippen LogP) is 0.381. The Bertz CT molecular complexity index is 353. The van der Waals surface area contributed by atoms with Gasteiger partial charge in [-0.15, -0.1) is 6.58 Å². The number of hydrogen-bond acceptors (Lipinski definition) is 4. The molecule has 2 amide bonds. The highest BCUT2D eigenvalue weighted by Gasteiger charge is 2.27. The zero-order chi connectivity index (χ0) is 15.0. The Morgan fingerprint density at radius 2 is 1.84 bits per heavy atom. The van der Waals surface area contributed by atoms with Crippen molar-refractivity contribution in [3.8, 4) is 0 Å². The number of esters is 1. The van der Waals surface area contributed by atoms with Gasteiger partial charge in [0, 0.05) is 6.92 Å². The third-order valence-electron chi connectivity index (χ3n) is 2.51. The van der Waals surface area contributed by atoms with Crippen LogP contribution in [-0.4, -0.2) is 37.0 Å². The van der Waals surface area contributed by atoms with Crippen molar-refractivity contribution in [1.29, 1.82) is 0 Å². The van der Waals surface area contributed by atoms with Crippen molar-refractivity contribution >= 4 is 17.8 Å². The summed E-state index contributed by atoms with van der Waals surface area (Å²) < 4.78 is 4.60. The summed E-state index contributed by atoms with van der Waals surface area (Å²) in [6.45, 7) is 8.47. The molecule has 0 unspecified atom stereocenters. The highest BCUT2D eigenvalue weighted by atomic mass is 16.5. The molecule has 0 aromatic rings. The molecule has 0 radical (unpaired) electrons. The van der Waals surface area contributed by atoms with E-state index in [9.17, 15) is 14.4 Å². The minimum atomic E-state index is -0.787. The SMILES string of the molecule is C=CC[C@H](NC(=O)[C@H](NC(C)=O)C(C)C)C(=O)OC. The van der Waals surface area contributed by atoms with E-state index in [0.717, 1.165) is 0 Å².